The van der Waals surface area contributed by atoms with E-state index in [1.54, 1.807) is 38.8 Å². The molecule has 9 heteroatoms. The molecule has 0 saturated carbocycles. The highest BCUT2D eigenvalue weighted by Crippen LogP contribution is 2.48. The molecule has 1 aliphatic heterocycles. The number of ether oxygens (including phenoxy) is 4. The minimum absolute atomic E-state index is 0.835. The van der Waals surface area contributed by atoms with E-state index in [2.05, 4.69) is 133 Å². The number of anilines is 6. The molecule has 0 N–H and O–H groups in total. The molecular weight excluding hydrogens is 905 g/mol. The molecule has 0 saturated heterocycles. The summed E-state index contributed by atoms with van der Waals surface area (Å²) < 4.78 is 22.1. The van der Waals surface area contributed by atoms with E-state index in [4.69, 9.17) is 18.9 Å². The van der Waals surface area contributed by atoms with E-state index in [0.29, 0.717) is 0 Å². The van der Waals surface area contributed by atoms with Crippen LogP contribution in [0, 0.1) is 0 Å². The van der Waals surface area contributed by atoms with Crippen molar-refractivity contribution in [3.63, 3.8) is 0 Å². The summed E-state index contributed by atoms with van der Waals surface area (Å²) in [7, 11) is 4.74. The zero-order valence-electron chi connectivity index (χ0n) is 40.9. The van der Waals surface area contributed by atoms with Gasteiger partial charge in [0.15, 0.2) is 0 Å². The van der Waals surface area contributed by atoms with E-state index in [1.165, 1.54) is 94.1 Å². The minimum Gasteiger partial charge on any atom is -0.497 e. The summed E-state index contributed by atoms with van der Waals surface area (Å²) in [6.07, 6.45) is 10.3. The normalized spacial score (nSPS) is 12.3. The average molecular weight is 969 g/mol. The zero-order valence-corrected chi connectivity index (χ0v) is 43.6. The molecule has 2 aromatic heterocycles. The lowest BCUT2D eigenvalue weighted by molar-refractivity contribution is 0.414. The van der Waals surface area contributed by atoms with Crippen molar-refractivity contribution < 1.29 is 18.9 Å². The van der Waals surface area contributed by atoms with E-state index in [0.717, 1.165) is 57.1 Å². The second-order valence-corrected chi connectivity index (χ2v) is 24.3. The Balaban J connectivity index is 1.08. The van der Waals surface area contributed by atoms with Gasteiger partial charge in [-0.1, -0.05) is 89.5 Å². The first-order valence-electron chi connectivity index (χ1n) is 24.6. The van der Waals surface area contributed by atoms with E-state index in [-0.39, 0.29) is 0 Å². The lowest BCUT2D eigenvalue weighted by Crippen LogP contribution is -2.54. The van der Waals surface area contributed by atoms with Gasteiger partial charge in [0.25, 0.3) is 0 Å². The molecule has 0 amide bonds. The fourth-order valence-electron chi connectivity index (χ4n) is 10.00. The van der Waals surface area contributed by atoms with Crippen molar-refractivity contribution in [1.29, 1.82) is 0 Å². The van der Waals surface area contributed by atoms with Crippen molar-refractivity contribution in [2.24, 2.45) is 0 Å². The number of hydrogen-bond donors (Lipinski definition) is 0. The van der Waals surface area contributed by atoms with Gasteiger partial charge >= 0.3 is 0 Å². The molecule has 69 heavy (non-hydrogen) atoms. The first-order chi connectivity index (χ1) is 33.9. The number of thiophene rings is 2. The molecule has 8 aromatic rings. The van der Waals surface area contributed by atoms with Gasteiger partial charge in [-0.3, -0.25) is 0 Å². The van der Waals surface area contributed by atoms with Gasteiger partial charge < -0.3 is 28.7 Å². The van der Waals surface area contributed by atoms with Gasteiger partial charge in [-0.15, -0.1) is 22.7 Å². The van der Waals surface area contributed by atoms with E-state index in [1.807, 2.05) is 71.2 Å². The number of fused-ring (bicyclic) bond motifs is 3. The molecule has 0 bridgehead atoms. The second kappa shape index (κ2) is 22.0. The van der Waals surface area contributed by atoms with Crippen molar-refractivity contribution in [2.75, 3.05) is 38.2 Å². The monoisotopic (exact) mass is 968 g/mol. The molecule has 9 rings (SSSR count). The van der Waals surface area contributed by atoms with Crippen molar-refractivity contribution in [2.45, 2.75) is 77.3 Å². The number of unbranched alkanes of at least 4 members (excludes halogenated alkanes) is 6. The molecule has 0 atom stereocenters. The van der Waals surface area contributed by atoms with Crippen LogP contribution in [0.15, 0.2) is 158 Å². The van der Waals surface area contributed by atoms with Crippen molar-refractivity contribution in [3.8, 4) is 53.6 Å². The van der Waals surface area contributed by atoms with E-state index < -0.39 is 8.07 Å². The predicted octanol–water partition coefficient (Wildman–Crippen LogP) is 16.8. The minimum atomic E-state index is -2.10. The summed E-state index contributed by atoms with van der Waals surface area (Å²) in [5.41, 5.74) is 8.99. The van der Waals surface area contributed by atoms with Crippen molar-refractivity contribution in [1.82, 2.24) is 0 Å². The van der Waals surface area contributed by atoms with Crippen LogP contribution in [-0.4, -0.2) is 36.5 Å². The number of methoxy groups -OCH3 is 4. The topological polar surface area (TPSA) is 43.4 Å². The first-order valence-corrected chi connectivity index (χ1v) is 28.6. The number of nitrogens with zero attached hydrogens (tertiary/aromatic N) is 2. The molecule has 0 fully saturated rings. The summed E-state index contributed by atoms with van der Waals surface area (Å²) in [5, 5.41) is 3.38. The Bertz CT molecular complexity index is 2600. The average Bonchev–Trinajstić information content (AvgIpc) is 4.11. The van der Waals surface area contributed by atoms with Crippen LogP contribution in [0.25, 0.3) is 30.6 Å². The Morgan fingerprint density at radius 2 is 0.638 bits per heavy atom. The summed E-state index contributed by atoms with van der Waals surface area (Å²) in [5.74, 6) is 3.34. The van der Waals surface area contributed by atoms with E-state index >= 15 is 0 Å². The third-order valence-corrected chi connectivity index (χ3v) is 21.9. The Labute approximate surface area is 418 Å². The highest BCUT2D eigenvalue weighted by Gasteiger charge is 2.47. The SMILES string of the molecule is CCCCCC[Si]1(CCCCCC)c2cc(-c3ccc(N(c4ccc(OC)cc4)c4ccc(OC)cc4)cc3)sc2-c2sc(-c3ccc(N(c4ccc(OC)cc4)c4ccc(OC)cc4)cc3)cc21. The first kappa shape index (κ1) is 47.8. The molecule has 6 aromatic carbocycles. The molecule has 3 heterocycles. The molecule has 1 aliphatic rings. The van der Waals surface area contributed by atoms with Gasteiger partial charge in [0.1, 0.15) is 31.1 Å². The maximum absolute atomic E-state index is 5.52. The number of benzene rings is 6. The van der Waals surface area contributed by atoms with Crippen LogP contribution in [0.5, 0.6) is 23.0 Å². The van der Waals surface area contributed by atoms with Gasteiger partial charge in [-0.05, 0) is 167 Å². The van der Waals surface area contributed by atoms with Crippen LogP contribution in [0.4, 0.5) is 34.1 Å². The molecule has 0 spiro atoms. The third kappa shape index (κ3) is 10.1. The maximum atomic E-state index is 5.52. The maximum Gasteiger partial charge on any atom is 0.122 e. The van der Waals surface area contributed by atoms with Gasteiger partial charge in [0.2, 0.25) is 0 Å². The Hall–Kier alpha value is -6.26. The van der Waals surface area contributed by atoms with Crippen molar-refractivity contribution in [3.05, 3.63) is 158 Å². The molecule has 0 unspecified atom stereocenters. The van der Waals surface area contributed by atoms with Crippen LogP contribution in [-0.2, 0) is 0 Å². The largest absolute Gasteiger partial charge is 0.497 e. The molecular formula is C60H64N2O4S2Si. The van der Waals surface area contributed by atoms with E-state index in [9.17, 15) is 0 Å². The molecule has 354 valence electrons. The lowest BCUT2D eigenvalue weighted by atomic mass is 10.1. The molecule has 0 radical (unpaired) electrons. The lowest BCUT2D eigenvalue weighted by Gasteiger charge is -2.29. The van der Waals surface area contributed by atoms with Crippen LogP contribution < -0.4 is 39.1 Å². The van der Waals surface area contributed by atoms with Gasteiger partial charge in [0, 0.05) is 53.6 Å². The molecule has 6 nitrogen and oxygen atoms in total. The Morgan fingerprint density at radius 1 is 0.362 bits per heavy atom. The number of rotatable bonds is 22. The standard InChI is InChI=1S/C60H64N2O4S2Si/c1-7-9-11-13-39-69(40-14-12-10-8-2)57-41-55(43-15-19-45(20-16-43)61(47-23-31-51(63-3)32-24-47)48-25-33-52(64-4)34-26-48)67-59(57)60-58(69)42-56(68-60)44-17-21-46(22-18-44)62(49-27-35-53(65-5)36-28-49)50-29-37-54(66-6)38-30-50/h15-38,41-42H,7-14,39-40H2,1-6H3. The smallest absolute Gasteiger partial charge is 0.122 e. The van der Waals surface area contributed by atoms with Crippen molar-refractivity contribution >= 4 is 75.2 Å². The zero-order chi connectivity index (χ0) is 47.7. The van der Waals surface area contributed by atoms with Gasteiger partial charge in [0.05, 0.1) is 28.4 Å². The predicted molar refractivity (Wildman–Crippen MR) is 297 cm³/mol. The number of hydrogen-bond acceptors (Lipinski definition) is 8. The Morgan fingerprint density at radius 3 is 0.899 bits per heavy atom. The fourth-order valence-corrected chi connectivity index (χ4v) is 19.4. The fraction of sp³-hybridized carbons (Fsp3) is 0.267. The molecule has 0 aliphatic carbocycles. The van der Waals surface area contributed by atoms with Crippen LogP contribution in [0.1, 0.15) is 65.2 Å². The summed E-state index contributed by atoms with van der Waals surface area (Å²) in [6, 6.07) is 59.4. The van der Waals surface area contributed by atoms with Gasteiger partial charge in [-0.25, -0.2) is 0 Å². The van der Waals surface area contributed by atoms with Crippen LogP contribution in [0.2, 0.25) is 12.1 Å². The highest BCUT2D eigenvalue weighted by molar-refractivity contribution is 7.31. The summed E-state index contributed by atoms with van der Waals surface area (Å²) in [6.45, 7) is 4.66. The Kier molecular flexibility index (Phi) is 15.2. The summed E-state index contributed by atoms with van der Waals surface area (Å²) in [4.78, 5) is 10.4. The second-order valence-electron chi connectivity index (χ2n) is 18.0. The van der Waals surface area contributed by atoms with Crippen LogP contribution >= 0.6 is 22.7 Å². The quantitative estimate of drug-likeness (QED) is 0.0498. The van der Waals surface area contributed by atoms with Gasteiger partial charge in [-0.2, -0.15) is 0 Å². The highest BCUT2D eigenvalue weighted by atomic mass is 32.1. The summed E-state index contributed by atoms with van der Waals surface area (Å²) >= 11 is 4.03. The van der Waals surface area contributed by atoms with Crippen LogP contribution in [0.3, 0.4) is 0 Å². The third-order valence-electron chi connectivity index (χ3n) is 13.8.